The molecule has 0 unspecified atom stereocenters. The molecule has 0 heterocycles. The normalized spacial score (nSPS) is 9.50. The first-order chi connectivity index (χ1) is 5.68. The fourth-order valence-corrected chi connectivity index (χ4v) is 0.842. The number of halogens is 1. The Kier molecular flexibility index (Phi) is 3.11. The van der Waals surface area contributed by atoms with Crippen molar-refractivity contribution in [2.24, 2.45) is 0 Å². The molecule has 0 N–H and O–H groups in total. The highest BCUT2D eigenvalue weighted by molar-refractivity contribution is 6.30. The summed E-state index contributed by atoms with van der Waals surface area (Å²) in [6, 6.07) is 6.89. The maximum Gasteiger partial charge on any atom is 0.167 e. The lowest BCUT2D eigenvalue weighted by Gasteiger charge is -2.02. The third kappa shape index (κ3) is 2.93. The number of hydrogen-bond donors (Lipinski definition) is 0. The van der Waals surface area contributed by atoms with Crippen LogP contribution in [-0.2, 0) is 4.79 Å². The monoisotopic (exact) mass is 184 g/mol. The van der Waals surface area contributed by atoms with Crippen LogP contribution in [0.4, 0.5) is 0 Å². The minimum Gasteiger partial charge on any atom is -0.486 e. The molecule has 0 aliphatic rings. The van der Waals surface area contributed by atoms with Crippen LogP contribution in [-0.4, -0.2) is 12.4 Å². The second kappa shape index (κ2) is 4.12. The molecule has 0 aliphatic carbocycles. The van der Waals surface area contributed by atoms with Gasteiger partial charge in [0.1, 0.15) is 12.4 Å². The molecule has 12 heavy (non-hydrogen) atoms. The van der Waals surface area contributed by atoms with Crippen LogP contribution in [0, 0.1) is 0 Å². The quantitative estimate of drug-likeness (QED) is 0.721. The van der Waals surface area contributed by atoms with Gasteiger partial charge in [0.25, 0.3) is 0 Å². The Balaban J connectivity index is 2.53. The smallest absolute Gasteiger partial charge is 0.167 e. The van der Waals surface area contributed by atoms with E-state index in [9.17, 15) is 4.79 Å². The van der Waals surface area contributed by atoms with Crippen molar-refractivity contribution < 1.29 is 9.53 Å². The fourth-order valence-electron chi connectivity index (χ4n) is 0.716. The van der Waals surface area contributed by atoms with Gasteiger partial charge in [0.15, 0.2) is 5.78 Å². The molecular formula is C9H9ClO2. The number of ether oxygens (including phenoxy) is 1. The number of rotatable bonds is 3. The third-order valence-corrected chi connectivity index (χ3v) is 1.51. The van der Waals surface area contributed by atoms with Crippen LogP contribution >= 0.6 is 11.6 Å². The van der Waals surface area contributed by atoms with E-state index in [-0.39, 0.29) is 12.4 Å². The Labute approximate surface area is 76.1 Å². The van der Waals surface area contributed by atoms with Crippen molar-refractivity contribution in [2.75, 3.05) is 6.61 Å². The van der Waals surface area contributed by atoms with Gasteiger partial charge in [0.2, 0.25) is 0 Å². The molecule has 0 saturated carbocycles. The van der Waals surface area contributed by atoms with Crippen molar-refractivity contribution in [3.63, 3.8) is 0 Å². The van der Waals surface area contributed by atoms with Gasteiger partial charge in [-0.1, -0.05) is 11.6 Å². The molecule has 0 aliphatic heterocycles. The summed E-state index contributed by atoms with van der Waals surface area (Å²) >= 11 is 5.65. The largest absolute Gasteiger partial charge is 0.486 e. The van der Waals surface area contributed by atoms with E-state index in [0.717, 1.165) is 0 Å². The second-order valence-corrected chi connectivity index (χ2v) is 2.88. The van der Waals surface area contributed by atoms with Crippen molar-refractivity contribution in [1.82, 2.24) is 0 Å². The molecule has 1 aromatic rings. The lowest BCUT2D eigenvalue weighted by molar-refractivity contribution is -0.118. The number of hydrogen-bond acceptors (Lipinski definition) is 2. The summed E-state index contributed by atoms with van der Waals surface area (Å²) in [5.74, 6) is 0.666. The van der Waals surface area contributed by atoms with Gasteiger partial charge in [-0.25, -0.2) is 0 Å². The zero-order chi connectivity index (χ0) is 8.97. The van der Waals surface area contributed by atoms with Crippen molar-refractivity contribution in [2.45, 2.75) is 6.92 Å². The Morgan fingerprint density at radius 2 is 2.00 bits per heavy atom. The van der Waals surface area contributed by atoms with E-state index in [4.69, 9.17) is 16.3 Å². The number of carbonyl (C=O) groups excluding carboxylic acids is 1. The number of Topliss-reactive ketones (excluding diaryl/α,β-unsaturated/α-hetero) is 1. The summed E-state index contributed by atoms with van der Waals surface area (Å²) < 4.78 is 5.11. The Bertz CT molecular complexity index is 266. The van der Waals surface area contributed by atoms with Gasteiger partial charge in [-0.15, -0.1) is 0 Å². The number of ketones is 1. The van der Waals surface area contributed by atoms with Gasteiger partial charge in [-0.3, -0.25) is 4.79 Å². The molecule has 0 amide bonds. The Morgan fingerprint density at radius 1 is 1.42 bits per heavy atom. The predicted molar refractivity (Wildman–Crippen MR) is 47.6 cm³/mol. The van der Waals surface area contributed by atoms with Crippen LogP contribution in [0.25, 0.3) is 0 Å². The highest BCUT2D eigenvalue weighted by Crippen LogP contribution is 2.15. The zero-order valence-corrected chi connectivity index (χ0v) is 7.47. The van der Waals surface area contributed by atoms with Gasteiger partial charge in [-0.05, 0) is 31.2 Å². The molecule has 0 saturated heterocycles. The number of benzene rings is 1. The first kappa shape index (κ1) is 9.07. The van der Waals surface area contributed by atoms with Crippen LogP contribution in [0.1, 0.15) is 6.92 Å². The Morgan fingerprint density at radius 3 is 2.50 bits per heavy atom. The van der Waals surface area contributed by atoms with Crippen LogP contribution in [0.15, 0.2) is 24.3 Å². The van der Waals surface area contributed by atoms with Crippen LogP contribution in [0.5, 0.6) is 5.75 Å². The molecule has 3 heteroatoms. The third-order valence-electron chi connectivity index (χ3n) is 1.26. The predicted octanol–water partition coefficient (Wildman–Crippen LogP) is 2.31. The van der Waals surface area contributed by atoms with E-state index in [1.165, 1.54) is 6.92 Å². The van der Waals surface area contributed by atoms with E-state index in [2.05, 4.69) is 0 Å². The molecule has 2 nitrogen and oxygen atoms in total. The molecule has 0 fully saturated rings. The van der Waals surface area contributed by atoms with E-state index in [1.807, 2.05) is 0 Å². The van der Waals surface area contributed by atoms with E-state index < -0.39 is 0 Å². The van der Waals surface area contributed by atoms with E-state index in [1.54, 1.807) is 24.3 Å². The average molecular weight is 185 g/mol. The highest BCUT2D eigenvalue weighted by Gasteiger charge is 1.95. The summed E-state index contributed by atoms with van der Waals surface area (Å²) in [6.07, 6.45) is 0. The second-order valence-electron chi connectivity index (χ2n) is 2.44. The zero-order valence-electron chi connectivity index (χ0n) is 6.71. The van der Waals surface area contributed by atoms with Gasteiger partial charge >= 0.3 is 0 Å². The van der Waals surface area contributed by atoms with Crippen molar-refractivity contribution in [3.05, 3.63) is 29.3 Å². The minimum atomic E-state index is 0.00458. The lowest BCUT2D eigenvalue weighted by atomic mass is 10.3. The standard InChI is InChI=1S/C9H9ClO2/c1-7(11)6-12-9-4-2-8(10)3-5-9/h2-5H,6H2,1H3. The fraction of sp³-hybridized carbons (Fsp3) is 0.222. The van der Waals surface area contributed by atoms with Crippen LogP contribution in [0.3, 0.4) is 0 Å². The Hall–Kier alpha value is -1.02. The summed E-state index contributed by atoms with van der Waals surface area (Å²) in [7, 11) is 0. The molecule has 0 aromatic heterocycles. The van der Waals surface area contributed by atoms with Crippen LogP contribution < -0.4 is 4.74 Å². The molecular weight excluding hydrogens is 176 g/mol. The maximum atomic E-state index is 10.5. The minimum absolute atomic E-state index is 0.00458. The van der Waals surface area contributed by atoms with Gasteiger partial charge in [0, 0.05) is 5.02 Å². The maximum absolute atomic E-state index is 10.5. The average Bonchev–Trinajstić information content (AvgIpc) is 2.03. The van der Waals surface area contributed by atoms with Gasteiger partial charge in [-0.2, -0.15) is 0 Å². The van der Waals surface area contributed by atoms with Gasteiger partial charge in [0.05, 0.1) is 0 Å². The molecule has 0 bridgehead atoms. The molecule has 0 radical (unpaired) electrons. The first-order valence-electron chi connectivity index (χ1n) is 3.56. The summed E-state index contributed by atoms with van der Waals surface area (Å²) in [6.45, 7) is 1.59. The van der Waals surface area contributed by atoms with Crippen molar-refractivity contribution >= 4 is 17.4 Å². The molecule has 0 spiro atoms. The molecule has 0 atom stereocenters. The van der Waals surface area contributed by atoms with E-state index >= 15 is 0 Å². The SMILES string of the molecule is CC(=O)COc1ccc(Cl)cc1. The van der Waals surface area contributed by atoms with Crippen molar-refractivity contribution in [3.8, 4) is 5.75 Å². The van der Waals surface area contributed by atoms with Crippen molar-refractivity contribution in [1.29, 1.82) is 0 Å². The lowest BCUT2D eigenvalue weighted by Crippen LogP contribution is -2.06. The van der Waals surface area contributed by atoms with Crippen LogP contribution in [0.2, 0.25) is 5.02 Å². The summed E-state index contributed by atoms with van der Waals surface area (Å²) in [5, 5.41) is 0.658. The molecule has 64 valence electrons. The molecule has 1 rings (SSSR count). The first-order valence-corrected chi connectivity index (χ1v) is 3.94. The number of carbonyl (C=O) groups is 1. The van der Waals surface area contributed by atoms with E-state index in [0.29, 0.717) is 10.8 Å². The van der Waals surface area contributed by atoms with Gasteiger partial charge < -0.3 is 4.74 Å². The topological polar surface area (TPSA) is 26.3 Å². The highest BCUT2D eigenvalue weighted by atomic mass is 35.5. The summed E-state index contributed by atoms with van der Waals surface area (Å²) in [4.78, 5) is 10.5. The summed E-state index contributed by atoms with van der Waals surface area (Å²) in [5.41, 5.74) is 0. The molecule has 1 aromatic carbocycles.